The second-order valence-electron chi connectivity index (χ2n) is 12.3. The zero-order valence-corrected chi connectivity index (χ0v) is 25.7. The molecule has 0 fully saturated rings. The highest BCUT2D eigenvalue weighted by molar-refractivity contribution is 5.93. The lowest BCUT2D eigenvalue weighted by Crippen LogP contribution is -2.60. The van der Waals surface area contributed by atoms with E-state index < -0.39 is 35.2 Å². The number of ether oxygens (including phenoxy) is 1. The lowest BCUT2D eigenvalue weighted by Gasteiger charge is -2.45. The number of nitrogens with one attached hydrogen (secondary N) is 2. The largest absolute Gasteiger partial charge is 0.508 e. The molecule has 2 unspecified atom stereocenters. The Morgan fingerprint density at radius 3 is 2.08 bits per heavy atom. The summed E-state index contributed by atoms with van der Waals surface area (Å²) in [6.45, 7) is 18.8. The van der Waals surface area contributed by atoms with E-state index in [9.17, 15) is 19.5 Å². The van der Waals surface area contributed by atoms with Crippen LogP contribution in [0.4, 0.5) is 4.79 Å². The van der Waals surface area contributed by atoms with Gasteiger partial charge in [0.1, 0.15) is 23.4 Å². The minimum Gasteiger partial charge on any atom is -0.508 e. The Morgan fingerprint density at radius 2 is 1.55 bits per heavy atom. The molecule has 8 heteroatoms. The first-order chi connectivity index (χ1) is 18.5. The fourth-order valence-electron chi connectivity index (χ4n) is 4.46. The van der Waals surface area contributed by atoms with Gasteiger partial charge in [-0.05, 0) is 103 Å². The number of carbonyl (C=O) groups excluding carboxylic acids is 3. The van der Waals surface area contributed by atoms with Crippen molar-refractivity contribution in [1.82, 2.24) is 15.5 Å². The normalized spacial score (nSPS) is 13.4. The van der Waals surface area contributed by atoms with Crippen molar-refractivity contribution in [1.29, 1.82) is 0 Å². The number of aryl methyl sites for hydroxylation is 1. The Balaban J connectivity index is 2.71. The molecule has 0 radical (unpaired) electrons. The molecule has 0 aliphatic rings. The number of phenolic OH excluding ortho intramolecular Hbond substituents is 1. The number of amides is 3. The van der Waals surface area contributed by atoms with E-state index in [1.54, 1.807) is 37.8 Å². The third-order valence-corrected chi connectivity index (χ3v) is 7.00. The molecule has 0 aliphatic heterocycles. The van der Waals surface area contributed by atoms with Crippen molar-refractivity contribution >= 4 is 17.9 Å². The maximum atomic E-state index is 14.6. The van der Waals surface area contributed by atoms with Crippen molar-refractivity contribution in [3.63, 3.8) is 0 Å². The topological polar surface area (TPSA) is 108 Å². The predicted octanol–water partition coefficient (Wildman–Crippen LogP) is 5.73. The standard InChI is InChI=1S/C32H47N3O5/c1-11-32(9,10)35(27(28(37)33-20(2)3)25-14-12-13-21(4)22(25)5)29(38)26(34-30(39)40-31(6,7)8)19-23-15-17-24(36)18-16-23/h12-18,20,26-27,36H,11,19H2,1-10H3,(H,33,37)(H,34,39). The van der Waals surface area contributed by atoms with Gasteiger partial charge in [-0.15, -0.1) is 0 Å². The Kier molecular flexibility index (Phi) is 10.8. The quantitative estimate of drug-likeness (QED) is 0.348. The van der Waals surface area contributed by atoms with E-state index in [0.29, 0.717) is 6.42 Å². The summed E-state index contributed by atoms with van der Waals surface area (Å²) in [5, 5.41) is 15.6. The fraction of sp³-hybridized carbons (Fsp3) is 0.531. The van der Waals surface area contributed by atoms with Gasteiger partial charge in [-0.1, -0.05) is 37.3 Å². The van der Waals surface area contributed by atoms with Crippen LogP contribution >= 0.6 is 0 Å². The molecule has 0 saturated carbocycles. The van der Waals surface area contributed by atoms with E-state index in [2.05, 4.69) is 10.6 Å². The summed E-state index contributed by atoms with van der Waals surface area (Å²) >= 11 is 0. The summed E-state index contributed by atoms with van der Waals surface area (Å²) in [7, 11) is 0. The van der Waals surface area contributed by atoms with Crippen molar-refractivity contribution < 1.29 is 24.2 Å². The molecule has 0 heterocycles. The molecule has 220 valence electrons. The molecule has 40 heavy (non-hydrogen) atoms. The molecular formula is C32H47N3O5. The third-order valence-electron chi connectivity index (χ3n) is 7.00. The molecule has 3 amide bonds. The van der Waals surface area contributed by atoms with Gasteiger partial charge in [0.2, 0.25) is 11.8 Å². The summed E-state index contributed by atoms with van der Waals surface area (Å²) in [5.41, 5.74) is 1.87. The van der Waals surface area contributed by atoms with Gasteiger partial charge in [-0.25, -0.2) is 4.79 Å². The van der Waals surface area contributed by atoms with E-state index in [4.69, 9.17) is 4.74 Å². The summed E-state index contributed by atoms with van der Waals surface area (Å²) < 4.78 is 5.51. The average molecular weight is 554 g/mol. The van der Waals surface area contributed by atoms with Gasteiger partial charge in [-0.3, -0.25) is 9.59 Å². The maximum absolute atomic E-state index is 14.6. The number of rotatable bonds is 10. The minimum absolute atomic E-state index is 0.0980. The van der Waals surface area contributed by atoms with Gasteiger partial charge >= 0.3 is 6.09 Å². The average Bonchev–Trinajstić information content (AvgIpc) is 2.83. The molecule has 0 spiro atoms. The van der Waals surface area contributed by atoms with Crippen LogP contribution in [0.15, 0.2) is 42.5 Å². The number of nitrogens with zero attached hydrogens (tertiary/aromatic N) is 1. The summed E-state index contributed by atoms with van der Waals surface area (Å²) in [5.74, 6) is -0.601. The predicted molar refractivity (Wildman–Crippen MR) is 158 cm³/mol. The second kappa shape index (κ2) is 13.2. The van der Waals surface area contributed by atoms with Gasteiger partial charge in [0.25, 0.3) is 0 Å². The molecule has 2 aromatic rings. The van der Waals surface area contributed by atoms with Gasteiger partial charge in [0.05, 0.1) is 0 Å². The van der Waals surface area contributed by atoms with Gasteiger partial charge in [0, 0.05) is 18.0 Å². The third kappa shape index (κ3) is 8.73. The van der Waals surface area contributed by atoms with E-state index in [1.807, 2.05) is 66.7 Å². The molecule has 0 aliphatic carbocycles. The molecule has 0 saturated heterocycles. The molecule has 0 bridgehead atoms. The summed E-state index contributed by atoms with van der Waals surface area (Å²) in [4.78, 5) is 43.1. The highest BCUT2D eigenvalue weighted by atomic mass is 16.6. The zero-order chi connectivity index (χ0) is 30.4. The highest BCUT2D eigenvalue weighted by Crippen LogP contribution is 2.35. The van der Waals surface area contributed by atoms with Crippen LogP contribution in [0.1, 0.15) is 90.1 Å². The van der Waals surface area contributed by atoms with Gasteiger partial charge < -0.3 is 25.4 Å². The van der Waals surface area contributed by atoms with Crippen LogP contribution in [0, 0.1) is 13.8 Å². The van der Waals surface area contributed by atoms with Crippen LogP contribution in [0.5, 0.6) is 5.75 Å². The Morgan fingerprint density at radius 1 is 0.950 bits per heavy atom. The zero-order valence-electron chi connectivity index (χ0n) is 25.7. The van der Waals surface area contributed by atoms with Crippen LogP contribution in [-0.4, -0.2) is 51.1 Å². The number of phenols is 1. The number of hydrogen-bond donors (Lipinski definition) is 3. The van der Waals surface area contributed by atoms with E-state index in [0.717, 1.165) is 22.3 Å². The highest BCUT2D eigenvalue weighted by Gasteiger charge is 2.43. The van der Waals surface area contributed by atoms with Crippen molar-refractivity contribution in [2.75, 3.05) is 0 Å². The molecular weight excluding hydrogens is 506 g/mol. The van der Waals surface area contributed by atoms with Crippen molar-refractivity contribution in [3.05, 3.63) is 64.7 Å². The first kappa shape index (κ1) is 32.7. The van der Waals surface area contributed by atoms with Crippen LogP contribution in [-0.2, 0) is 20.7 Å². The van der Waals surface area contributed by atoms with Crippen LogP contribution in [0.25, 0.3) is 0 Å². The first-order valence-corrected chi connectivity index (χ1v) is 13.9. The molecule has 3 N–H and O–H groups in total. The van der Waals surface area contributed by atoms with Gasteiger partial charge in [-0.2, -0.15) is 0 Å². The van der Waals surface area contributed by atoms with E-state index in [1.165, 1.54) is 12.1 Å². The van der Waals surface area contributed by atoms with E-state index >= 15 is 0 Å². The van der Waals surface area contributed by atoms with Crippen molar-refractivity contribution in [2.45, 2.75) is 111 Å². The second-order valence-corrected chi connectivity index (χ2v) is 12.3. The molecule has 2 atom stereocenters. The Hall–Kier alpha value is -3.55. The monoisotopic (exact) mass is 553 g/mol. The minimum atomic E-state index is -1.04. The summed E-state index contributed by atoms with van der Waals surface area (Å²) in [6.07, 6.45) is -0.0262. The molecule has 2 aromatic carbocycles. The lowest BCUT2D eigenvalue weighted by atomic mass is 9.88. The van der Waals surface area contributed by atoms with Crippen LogP contribution < -0.4 is 10.6 Å². The molecule has 8 nitrogen and oxygen atoms in total. The number of alkyl carbamates (subject to hydrolysis) is 1. The van der Waals surface area contributed by atoms with Crippen molar-refractivity contribution in [3.8, 4) is 5.75 Å². The number of hydrogen-bond acceptors (Lipinski definition) is 5. The maximum Gasteiger partial charge on any atom is 0.408 e. The smallest absolute Gasteiger partial charge is 0.408 e. The number of benzene rings is 2. The fourth-order valence-corrected chi connectivity index (χ4v) is 4.46. The van der Waals surface area contributed by atoms with Crippen molar-refractivity contribution in [2.24, 2.45) is 0 Å². The first-order valence-electron chi connectivity index (χ1n) is 13.9. The Labute approximate surface area is 239 Å². The number of carbonyl (C=O) groups is 3. The van der Waals surface area contributed by atoms with E-state index in [-0.39, 0.29) is 24.1 Å². The van der Waals surface area contributed by atoms with Crippen LogP contribution in [0.2, 0.25) is 0 Å². The van der Waals surface area contributed by atoms with Crippen LogP contribution in [0.3, 0.4) is 0 Å². The SMILES string of the molecule is CCC(C)(C)N(C(=O)C(Cc1ccc(O)cc1)NC(=O)OC(C)(C)C)C(C(=O)NC(C)C)c1cccc(C)c1C. The Bertz CT molecular complexity index is 1180. The summed E-state index contributed by atoms with van der Waals surface area (Å²) in [6, 6.07) is 10.1. The number of aromatic hydroxyl groups is 1. The lowest BCUT2D eigenvalue weighted by molar-refractivity contribution is -0.149. The molecule has 2 rings (SSSR count). The molecule has 0 aromatic heterocycles. The van der Waals surface area contributed by atoms with Gasteiger partial charge in [0.15, 0.2) is 0 Å².